The Kier molecular flexibility index (Phi) is 63.2. The Labute approximate surface area is 484 Å². The van der Waals surface area contributed by atoms with Crippen molar-refractivity contribution in [2.24, 2.45) is 0 Å². The molecule has 0 aliphatic heterocycles. The van der Waals surface area contributed by atoms with Crippen LogP contribution in [0.25, 0.3) is 0 Å². The number of carbonyl (C=O) groups excluding carboxylic acids is 3. The van der Waals surface area contributed by atoms with Gasteiger partial charge < -0.3 is 14.2 Å². The molecule has 1 atom stereocenters. The van der Waals surface area contributed by atoms with E-state index in [0.29, 0.717) is 19.3 Å². The van der Waals surface area contributed by atoms with E-state index >= 15 is 0 Å². The van der Waals surface area contributed by atoms with Crippen molar-refractivity contribution < 1.29 is 28.6 Å². The van der Waals surface area contributed by atoms with Crippen LogP contribution in [-0.4, -0.2) is 37.2 Å². The van der Waals surface area contributed by atoms with Gasteiger partial charge in [-0.2, -0.15) is 0 Å². The van der Waals surface area contributed by atoms with E-state index in [1.807, 2.05) is 0 Å². The fourth-order valence-electron chi connectivity index (χ4n) is 9.62. The standard InChI is InChI=1S/C72H126O6/c1-4-7-10-13-16-18-20-22-24-26-28-30-31-32-33-34-35-36-37-38-39-40-41-43-44-46-48-50-52-54-56-59-62-65-71(74)77-68-69(67-76-70(73)64-61-58-15-12-9-6-3)78-72(75)66-63-60-57-55-53-51-49-47-45-42-29-27-25-23-21-19-17-14-11-8-5-2/h7,10,16,18,21-24,27-30,45,47,69H,4-6,8-9,11-15,17,19-20,25-26,31-44,46,48-68H2,1-3H3/b10-7-,18-16-,23-21-,24-22-,29-27-,30-28-,47-45-. The van der Waals surface area contributed by atoms with Crippen LogP contribution in [-0.2, 0) is 28.6 Å². The molecular formula is C72H126O6. The Morgan fingerprint density at radius 1 is 0.269 bits per heavy atom. The summed E-state index contributed by atoms with van der Waals surface area (Å²) < 4.78 is 16.8. The summed E-state index contributed by atoms with van der Waals surface area (Å²) in [6, 6.07) is 0. The first kappa shape index (κ1) is 74.6. The molecule has 0 saturated carbocycles. The van der Waals surface area contributed by atoms with E-state index in [-0.39, 0.29) is 31.1 Å². The van der Waals surface area contributed by atoms with E-state index in [1.165, 1.54) is 186 Å². The highest BCUT2D eigenvalue weighted by Gasteiger charge is 2.19. The first-order valence-corrected chi connectivity index (χ1v) is 33.6. The third kappa shape index (κ3) is 63.4. The molecule has 6 heteroatoms. The second kappa shape index (κ2) is 66.1. The monoisotopic (exact) mass is 1090 g/mol. The van der Waals surface area contributed by atoms with Crippen LogP contribution in [0.4, 0.5) is 0 Å². The van der Waals surface area contributed by atoms with Gasteiger partial charge in [-0.1, -0.05) is 305 Å². The number of hydrogen-bond acceptors (Lipinski definition) is 6. The lowest BCUT2D eigenvalue weighted by Gasteiger charge is -2.18. The summed E-state index contributed by atoms with van der Waals surface area (Å²) in [7, 11) is 0. The SMILES string of the molecule is CC/C=C\C/C=C\C/C=C\C/C=C\CCCCCCCCCCCCCCCCCCCCCCC(=O)OCC(COC(=O)CCCCCCCC)OC(=O)CCCCCCCC/C=C\C/C=C\C/C=C\CCCCCCC. The third-order valence-electron chi connectivity index (χ3n) is 14.6. The predicted octanol–water partition coefficient (Wildman–Crippen LogP) is 23.1. The highest BCUT2D eigenvalue weighted by Crippen LogP contribution is 2.17. The predicted molar refractivity (Wildman–Crippen MR) is 339 cm³/mol. The zero-order valence-corrected chi connectivity index (χ0v) is 51.7. The van der Waals surface area contributed by atoms with E-state index in [9.17, 15) is 14.4 Å². The number of unbranched alkanes of at least 4 members (excludes halogenated alkanes) is 36. The molecule has 0 bridgehead atoms. The highest BCUT2D eigenvalue weighted by atomic mass is 16.6. The summed E-state index contributed by atoms with van der Waals surface area (Å²) in [5.41, 5.74) is 0. The minimum atomic E-state index is -0.779. The van der Waals surface area contributed by atoms with Crippen LogP contribution in [0.15, 0.2) is 85.1 Å². The van der Waals surface area contributed by atoms with Crippen LogP contribution in [0.5, 0.6) is 0 Å². The Hall–Kier alpha value is -3.41. The Balaban J connectivity index is 4.00. The first-order valence-electron chi connectivity index (χ1n) is 33.6. The minimum Gasteiger partial charge on any atom is -0.462 e. The van der Waals surface area contributed by atoms with E-state index in [1.54, 1.807) is 0 Å². The van der Waals surface area contributed by atoms with Gasteiger partial charge in [0.1, 0.15) is 13.2 Å². The highest BCUT2D eigenvalue weighted by molar-refractivity contribution is 5.71. The van der Waals surface area contributed by atoms with Gasteiger partial charge in [0.15, 0.2) is 6.10 Å². The van der Waals surface area contributed by atoms with Gasteiger partial charge in [-0.15, -0.1) is 0 Å². The number of esters is 3. The molecule has 0 aromatic heterocycles. The summed E-state index contributed by atoms with van der Waals surface area (Å²) in [6.07, 6.45) is 87.9. The van der Waals surface area contributed by atoms with Crippen molar-refractivity contribution in [1.82, 2.24) is 0 Å². The molecule has 0 amide bonds. The van der Waals surface area contributed by atoms with Gasteiger partial charge in [0, 0.05) is 19.3 Å². The van der Waals surface area contributed by atoms with Crippen molar-refractivity contribution in [2.45, 2.75) is 341 Å². The molecule has 1 unspecified atom stereocenters. The molecule has 0 heterocycles. The lowest BCUT2D eigenvalue weighted by molar-refractivity contribution is -0.167. The zero-order valence-electron chi connectivity index (χ0n) is 51.7. The number of carbonyl (C=O) groups is 3. The first-order chi connectivity index (χ1) is 38.5. The Morgan fingerprint density at radius 3 is 0.782 bits per heavy atom. The quantitative estimate of drug-likeness (QED) is 0.0261. The second-order valence-corrected chi connectivity index (χ2v) is 22.4. The summed E-state index contributed by atoms with van der Waals surface area (Å²) in [4.78, 5) is 38.0. The van der Waals surface area contributed by atoms with Gasteiger partial charge in [0.2, 0.25) is 0 Å². The third-order valence-corrected chi connectivity index (χ3v) is 14.6. The molecular weight excluding hydrogens is 961 g/mol. The minimum absolute atomic E-state index is 0.0778. The van der Waals surface area contributed by atoms with Gasteiger partial charge in [0.25, 0.3) is 0 Å². The summed E-state index contributed by atoms with van der Waals surface area (Å²) >= 11 is 0. The maximum Gasteiger partial charge on any atom is 0.306 e. The Bertz CT molecular complexity index is 1480. The molecule has 0 aromatic carbocycles. The van der Waals surface area contributed by atoms with Crippen molar-refractivity contribution in [3.63, 3.8) is 0 Å². The molecule has 0 N–H and O–H groups in total. The second-order valence-electron chi connectivity index (χ2n) is 22.4. The maximum atomic E-state index is 12.8. The normalized spacial score (nSPS) is 12.6. The molecule has 0 saturated heterocycles. The molecule has 0 aliphatic rings. The van der Waals surface area contributed by atoms with Crippen molar-refractivity contribution in [3.8, 4) is 0 Å². The van der Waals surface area contributed by atoms with Crippen LogP contribution in [0.2, 0.25) is 0 Å². The molecule has 450 valence electrons. The van der Waals surface area contributed by atoms with Gasteiger partial charge in [-0.05, 0) is 96.3 Å². The van der Waals surface area contributed by atoms with Crippen molar-refractivity contribution in [3.05, 3.63) is 85.1 Å². The van der Waals surface area contributed by atoms with Gasteiger partial charge in [-0.25, -0.2) is 0 Å². The van der Waals surface area contributed by atoms with Crippen molar-refractivity contribution in [2.75, 3.05) is 13.2 Å². The summed E-state index contributed by atoms with van der Waals surface area (Å²) in [5, 5.41) is 0. The number of rotatable bonds is 61. The van der Waals surface area contributed by atoms with Crippen LogP contribution in [0, 0.1) is 0 Å². The lowest BCUT2D eigenvalue weighted by atomic mass is 10.0. The van der Waals surface area contributed by atoms with Gasteiger partial charge in [0.05, 0.1) is 0 Å². The molecule has 0 fully saturated rings. The van der Waals surface area contributed by atoms with Gasteiger partial charge >= 0.3 is 17.9 Å². The zero-order chi connectivity index (χ0) is 56.4. The fourth-order valence-corrected chi connectivity index (χ4v) is 9.62. The average Bonchev–Trinajstić information content (AvgIpc) is 3.44. The molecule has 0 aromatic rings. The smallest absolute Gasteiger partial charge is 0.306 e. The Morgan fingerprint density at radius 2 is 0.500 bits per heavy atom. The van der Waals surface area contributed by atoms with E-state index < -0.39 is 6.10 Å². The van der Waals surface area contributed by atoms with E-state index in [0.717, 1.165) is 109 Å². The molecule has 6 nitrogen and oxygen atoms in total. The van der Waals surface area contributed by atoms with E-state index in [2.05, 4.69) is 106 Å². The summed E-state index contributed by atoms with van der Waals surface area (Å²) in [5.74, 6) is -0.886. The summed E-state index contributed by atoms with van der Waals surface area (Å²) in [6.45, 7) is 6.48. The van der Waals surface area contributed by atoms with Crippen molar-refractivity contribution in [1.29, 1.82) is 0 Å². The van der Waals surface area contributed by atoms with E-state index in [4.69, 9.17) is 14.2 Å². The molecule has 0 spiro atoms. The lowest BCUT2D eigenvalue weighted by Crippen LogP contribution is -2.30. The molecule has 78 heavy (non-hydrogen) atoms. The number of ether oxygens (including phenoxy) is 3. The van der Waals surface area contributed by atoms with Gasteiger partial charge in [-0.3, -0.25) is 14.4 Å². The van der Waals surface area contributed by atoms with Crippen LogP contribution in [0.3, 0.4) is 0 Å². The fraction of sp³-hybridized carbons (Fsp3) is 0.764. The molecule has 0 rings (SSSR count). The van der Waals surface area contributed by atoms with Crippen LogP contribution in [0.1, 0.15) is 335 Å². The van der Waals surface area contributed by atoms with Crippen molar-refractivity contribution >= 4 is 17.9 Å². The molecule has 0 radical (unpaired) electrons. The van der Waals surface area contributed by atoms with Crippen LogP contribution < -0.4 is 0 Å². The number of hydrogen-bond donors (Lipinski definition) is 0. The van der Waals surface area contributed by atoms with Crippen LogP contribution >= 0.6 is 0 Å². The average molecular weight is 1090 g/mol. The maximum absolute atomic E-state index is 12.8. The number of allylic oxidation sites excluding steroid dienone is 14. The topological polar surface area (TPSA) is 78.9 Å². The largest absolute Gasteiger partial charge is 0.462 e. The molecule has 0 aliphatic carbocycles.